The molecule has 0 bridgehead atoms. The summed E-state index contributed by atoms with van der Waals surface area (Å²) >= 11 is 0. The molecule has 0 spiro atoms. The van der Waals surface area contributed by atoms with Crippen molar-refractivity contribution in [3.8, 4) is 17.0 Å². The molecule has 0 radical (unpaired) electrons. The van der Waals surface area contributed by atoms with Gasteiger partial charge in [-0.15, -0.1) is 0 Å². The summed E-state index contributed by atoms with van der Waals surface area (Å²) in [7, 11) is 1.30. The summed E-state index contributed by atoms with van der Waals surface area (Å²) in [5.74, 6) is 0.718. The minimum atomic E-state index is -3.44. The van der Waals surface area contributed by atoms with Gasteiger partial charge in [-0.3, -0.25) is 9.97 Å². The highest BCUT2D eigenvalue weighted by Gasteiger charge is 2.33. The van der Waals surface area contributed by atoms with Gasteiger partial charge in [-0.2, -0.15) is 17.0 Å². The van der Waals surface area contributed by atoms with Crippen LogP contribution in [0.25, 0.3) is 11.3 Å². The van der Waals surface area contributed by atoms with Gasteiger partial charge in [0.2, 0.25) is 0 Å². The van der Waals surface area contributed by atoms with Crippen molar-refractivity contribution < 1.29 is 13.2 Å². The number of hydrogen-bond acceptors (Lipinski definition) is 5. The Morgan fingerprint density at radius 3 is 2.65 bits per heavy atom. The lowest BCUT2D eigenvalue weighted by molar-refractivity contribution is 0.296. The van der Waals surface area contributed by atoms with E-state index in [1.165, 1.54) is 8.61 Å². The summed E-state index contributed by atoms with van der Waals surface area (Å²) in [4.78, 5) is 9.10. The second-order valence-corrected chi connectivity index (χ2v) is 8.62. The predicted octanol–water partition coefficient (Wildman–Crippen LogP) is 2.14. The van der Waals surface area contributed by atoms with Gasteiger partial charge in [0.1, 0.15) is 5.75 Å². The third-order valence-electron chi connectivity index (χ3n) is 4.65. The summed E-state index contributed by atoms with van der Waals surface area (Å²) < 4.78 is 33.3. The third kappa shape index (κ3) is 3.58. The van der Waals surface area contributed by atoms with Gasteiger partial charge in [-0.05, 0) is 25.0 Å². The second-order valence-electron chi connectivity index (χ2n) is 6.48. The Kier molecular flexibility index (Phi) is 5.55. The molecule has 1 fully saturated rings. The summed E-state index contributed by atoms with van der Waals surface area (Å²) in [6.07, 6.45) is 4.98. The number of aromatic nitrogens is 2. The van der Waals surface area contributed by atoms with Crippen LogP contribution in [0.4, 0.5) is 0 Å². The third-order valence-corrected chi connectivity index (χ3v) is 6.55. The van der Waals surface area contributed by atoms with Crippen LogP contribution in [0.1, 0.15) is 24.5 Å². The van der Waals surface area contributed by atoms with Crippen LogP contribution >= 0.6 is 0 Å². The zero-order valence-electron chi connectivity index (χ0n) is 15.3. The molecule has 0 amide bonds. The summed E-state index contributed by atoms with van der Waals surface area (Å²) in [6.45, 7) is 0.933. The van der Waals surface area contributed by atoms with E-state index in [1.54, 1.807) is 33.6 Å². The van der Waals surface area contributed by atoms with Gasteiger partial charge >= 0.3 is 0 Å². The van der Waals surface area contributed by atoms with Crippen molar-refractivity contribution >= 4 is 10.2 Å². The molecular weight excluding hydrogens is 352 g/mol. The predicted molar refractivity (Wildman–Crippen MR) is 100 cm³/mol. The van der Waals surface area contributed by atoms with Crippen LogP contribution in [0.3, 0.4) is 0 Å². The van der Waals surface area contributed by atoms with Crippen LogP contribution in [0, 0.1) is 0 Å². The standard InChI is InChI=1S/C18H24N4O3S/c1-21(2)26(23,24)22-12-6-7-14(13-22)17-18(20-11-10-19-17)15-8-4-5-9-16(15)25-3/h4-5,8-11,14H,6-7,12-13H2,1-3H3/t14-/m0/s1. The number of ether oxygens (including phenoxy) is 1. The van der Waals surface area contributed by atoms with Crippen LogP contribution in [-0.2, 0) is 10.2 Å². The van der Waals surface area contributed by atoms with E-state index in [-0.39, 0.29) is 5.92 Å². The Labute approximate surface area is 154 Å². The smallest absolute Gasteiger partial charge is 0.281 e. The van der Waals surface area contributed by atoms with Crippen LogP contribution in [0.2, 0.25) is 0 Å². The molecule has 140 valence electrons. The SMILES string of the molecule is COc1ccccc1-c1nccnc1[C@H]1CCCN(S(=O)(=O)N(C)C)C1. The van der Waals surface area contributed by atoms with Crippen molar-refractivity contribution in [1.82, 2.24) is 18.6 Å². The fourth-order valence-electron chi connectivity index (χ4n) is 3.30. The van der Waals surface area contributed by atoms with Gasteiger partial charge < -0.3 is 4.74 Å². The molecule has 1 aliphatic heterocycles. The molecule has 1 aromatic heterocycles. The molecular formula is C18H24N4O3S. The fourth-order valence-corrected chi connectivity index (χ4v) is 4.49. The largest absolute Gasteiger partial charge is 0.496 e. The molecule has 0 saturated carbocycles. The highest BCUT2D eigenvalue weighted by Crippen LogP contribution is 2.36. The van der Waals surface area contributed by atoms with Crippen molar-refractivity contribution in [2.45, 2.75) is 18.8 Å². The van der Waals surface area contributed by atoms with Crippen molar-refractivity contribution in [2.75, 3.05) is 34.3 Å². The number of piperidine rings is 1. The highest BCUT2D eigenvalue weighted by atomic mass is 32.2. The molecule has 8 heteroatoms. The van der Waals surface area contributed by atoms with E-state index >= 15 is 0 Å². The fraction of sp³-hybridized carbons (Fsp3) is 0.444. The maximum absolute atomic E-state index is 12.5. The normalized spacial score (nSPS) is 18.8. The van der Waals surface area contributed by atoms with Gasteiger partial charge in [-0.1, -0.05) is 12.1 Å². The van der Waals surface area contributed by atoms with Gasteiger partial charge in [0.15, 0.2) is 0 Å². The van der Waals surface area contributed by atoms with E-state index in [1.807, 2.05) is 24.3 Å². The quantitative estimate of drug-likeness (QED) is 0.799. The summed E-state index contributed by atoms with van der Waals surface area (Å²) in [5.41, 5.74) is 2.43. The molecule has 2 heterocycles. The van der Waals surface area contributed by atoms with E-state index in [0.29, 0.717) is 13.1 Å². The van der Waals surface area contributed by atoms with Crippen LogP contribution in [0.15, 0.2) is 36.7 Å². The number of benzene rings is 1. The van der Waals surface area contributed by atoms with Crippen LogP contribution in [-0.4, -0.2) is 61.3 Å². The first-order chi connectivity index (χ1) is 12.4. The lowest BCUT2D eigenvalue weighted by Crippen LogP contribution is -2.45. The van der Waals surface area contributed by atoms with E-state index in [0.717, 1.165) is 35.5 Å². The van der Waals surface area contributed by atoms with Crippen molar-refractivity contribution in [1.29, 1.82) is 0 Å². The summed E-state index contributed by atoms with van der Waals surface area (Å²) in [5, 5.41) is 0. The molecule has 1 atom stereocenters. The zero-order valence-corrected chi connectivity index (χ0v) is 16.1. The van der Waals surface area contributed by atoms with Crippen LogP contribution < -0.4 is 4.74 Å². The topological polar surface area (TPSA) is 75.6 Å². The van der Waals surface area contributed by atoms with Gasteiger partial charge in [0.05, 0.1) is 18.5 Å². The lowest BCUT2D eigenvalue weighted by Gasteiger charge is -2.33. The molecule has 0 aliphatic carbocycles. The van der Waals surface area contributed by atoms with Crippen molar-refractivity contribution in [2.24, 2.45) is 0 Å². The van der Waals surface area contributed by atoms with Crippen LogP contribution in [0.5, 0.6) is 5.75 Å². The molecule has 3 rings (SSSR count). The monoisotopic (exact) mass is 376 g/mol. The van der Waals surface area contributed by atoms with Gasteiger partial charge in [0, 0.05) is 51.1 Å². The first-order valence-corrected chi connectivity index (χ1v) is 9.96. The van der Waals surface area contributed by atoms with E-state index in [9.17, 15) is 8.42 Å². The van der Waals surface area contributed by atoms with Crippen molar-refractivity contribution in [3.05, 3.63) is 42.4 Å². The molecule has 1 aliphatic rings. The minimum absolute atomic E-state index is 0.00733. The molecule has 1 aromatic carbocycles. The van der Waals surface area contributed by atoms with E-state index in [2.05, 4.69) is 9.97 Å². The number of nitrogens with zero attached hydrogens (tertiary/aromatic N) is 4. The summed E-state index contributed by atoms with van der Waals surface area (Å²) in [6, 6.07) is 7.67. The lowest BCUT2D eigenvalue weighted by atomic mass is 9.92. The Bertz CT molecular complexity index is 870. The van der Waals surface area contributed by atoms with E-state index < -0.39 is 10.2 Å². The average molecular weight is 376 g/mol. The first-order valence-electron chi connectivity index (χ1n) is 8.57. The highest BCUT2D eigenvalue weighted by molar-refractivity contribution is 7.86. The van der Waals surface area contributed by atoms with Crippen molar-refractivity contribution in [3.63, 3.8) is 0 Å². The molecule has 0 unspecified atom stereocenters. The Morgan fingerprint density at radius 2 is 1.92 bits per heavy atom. The molecule has 2 aromatic rings. The number of rotatable bonds is 5. The Balaban J connectivity index is 1.98. The molecule has 1 saturated heterocycles. The Morgan fingerprint density at radius 1 is 1.19 bits per heavy atom. The van der Waals surface area contributed by atoms with Gasteiger partial charge in [0.25, 0.3) is 10.2 Å². The zero-order chi connectivity index (χ0) is 18.7. The number of para-hydroxylation sites is 1. The molecule has 26 heavy (non-hydrogen) atoms. The van der Waals surface area contributed by atoms with E-state index in [4.69, 9.17) is 4.74 Å². The Hall–Kier alpha value is -2.03. The molecule has 0 N–H and O–H groups in total. The molecule has 7 nitrogen and oxygen atoms in total. The van der Waals surface area contributed by atoms with Gasteiger partial charge in [-0.25, -0.2) is 0 Å². The minimum Gasteiger partial charge on any atom is -0.496 e. The number of hydrogen-bond donors (Lipinski definition) is 0. The maximum Gasteiger partial charge on any atom is 0.281 e. The maximum atomic E-state index is 12.5. The first kappa shape index (κ1) is 18.8. The number of methoxy groups -OCH3 is 1. The second kappa shape index (κ2) is 7.69. The average Bonchev–Trinajstić information content (AvgIpc) is 2.68.